The second-order valence-corrected chi connectivity index (χ2v) is 6.18. The van der Waals surface area contributed by atoms with Crippen LogP contribution in [0.1, 0.15) is 21.9 Å². The van der Waals surface area contributed by atoms with E-state index in [4.69, 9.17) is 11.6 Å². The third kappa shape index (κ3) is 2.97. The fourth-order valence-corrected chi connectivity index (χ4v) is 3.37. The molecule has 0 radical (unpaired) electrons. The van der Waals surface area contributed by atoms with Crippen LogP contribution in [0.15, 0.2) is 28.9 Å². The van der Waals surface area contributed by atoms with E-state index in [1.165, 1.54) is 9.47 Å². The molecule has 0 saturated heterocycles. The van der Waals surface area contributed by atoms with Crippen molar-refractivity contribution < 1.29 is 18.0 Å². The van der Waals surface area contributed by atoms with E-state index < -0.39 is 11.9 Å². The van der Waals surface area contributed by atoms with E-state index in [1.54, 1.807) is 24.3 Å². The summed E-state index contributed by atoms with van der Waals surface area (Å²) >= 11 is 8.95. The van der Waals surface area contributed by atoms with Gasteiger partial charge in [0.2, 0.25) is 0 Å². The fraction of sp³-hybridized carbons (Fsp3) is 0.286. The van der Waals surface area contributed by atoms with Crippen molar-refractivity contribution in [1.29, 1.82) is 0 Å². The number of imidazole rings is 1. The normalized spacial score (nSPS) is 14.7. The van der Waals surface area contributed by atoms with Crippen LogP contribution < -0.4 is 0 Å². The Hall–Kier alpha value is -1.54. The molecule has 0 atom stereocenters. The lowest BCUT2D eigenvalue weighted by atomic mass is 10.2. The summed E-state index contributed by atoms with van der Waals surface area (Å²) in [6.45, 7) is 0.511. The molecule has 0 N–H and O–H groups in total. The van der Waals surface area contributed by atoms with Crippen molar-refractivity contribution in [3.05, 3.63) is 51.0 Å². The van der Waals surface area contributed by atoms with Gasteiger partial charge in [0.15, 0.2) is 5.69 Å². The van der Waals surface area contributed by atoms with E-state index in [1.807, 2.05) is 0 Å². The van der Waals surface area contributed by atoms with Gasteiger partial charge in [-0.05, 0) is 28.1 Å². The SMILES string of the molecule is O=C(c1ccccc1Cl)N1CCn2c(nc(C(F)(F)F)c2Br)C1. The Morgan fingerprint density at radius 2 is 1.96 bits per heavy atom. The number of alkyl halides is 3. The summed E-state index contributed by atoms with van der Waals surface area (Å²) in [6.07, 6.45) is -4.54. The van der Waals surface area contributed by atoms with Gasteiger partial charge in [0.1, 0.15) is 10.4 Å². The predicted molar refractivity (Wildman–Crippen MR) is 81.1 cm³/mol. The zero-order valence-corrected chi connectivity index (χ0v) is 13.9. The number of nitrogens with zero attached hydrogens (tertiary/aromatic N) is 3. The summed E-state index contributed by atoms with van der Waals surface area (Å²) in [5.74, 6) is -0.134. The molecule has 1 aromatic heterocycles. The van der Waals surface area contributed by atoms with E-state index in [9.17, 15) is 18.0 Å². The molecule has 0 aliphatic carbocycles. The molecule has 23 heavy (non-hydrogen) atoms. The third-order valence-electron chi connectivity index (χ3n) is 3.57. The van der Waals surface area contributed by atoms with Crippen LogP contribution in [0.3, 0.4) is 0 Å². The van der Waals surface area contributed by atoms with Gasteiger partial charge < -0.3 is 9.47 Å². The molecule has 0 unspecified atom stereocenters. The molecular weight excluding hydrogens is 399 g/mol. The minimum Gasteiger partial charge on any atom is -0.329 e. The minimum atomic E-state index is -4.54. The minimum absolute atomic E-state index is 0.00125. The number of fused-ring (bicyclic) bond motifs is 1. The van der Waals surface area contributed by atoms with Gasteiger partial charge >= 0.3 is 6.18 Å². The summed E-state index contributed by atoms with van der Waals surface area (Å²) in [6, 6.07) is 6.57. The first-order chi connectivity index (χ1) is 10.8. The molecule has 3 rings (SSSR count). The van der Waals surface area contributed by atoms with Crippen LogP contribution in [-0.2, 0) is 19.3 Å². The Morgan fingerprint density at radius 1 is 1.26 bits per heavy atom. The Bertz CT molecular complexity index is 775. The first-order valence-electron chi connectivity index (χ1n) is 6.65. The van der Waals surface area contributed by atoms with Gasteiger partial charge in [-0.15, -0.1) is 0 Å². The summed E-state index contributed by atoms with van der Waals surface area (Å²) in [5, 5.41) is 0.309. The van der Waals surface area contributed by atoms with Crippen LogP contribution in [0.4, 0.5) is 13.2 Å². The molecule has 0 bridgehead atoms. The Labute approximate surface area is 143 Å². The summed E-state index contributed by atoms with van der Waals surface area (Å²) < 4.78 is 40.0. The standard InChI is InChI=1S/C14H10BrClF3N3O/c15-12-11(14(17,18)19)20-10-7-21(5-6-22(10)12)13(23)8-3-1-2-4-9(8)16/h1-4H,5-7H2. The van der Waals surface area contributed by atoms with E-state index >= 15 is 0 Å². The first-order valence-corrected chi connectivity index (χ1v) is 7.82. The topological polar surface area (TPSA) is 38.1 Å². The molecule has 0 saturated carbocycles. The van der Waals surface area contributed by atoms with Crippen molar-refractivity contribution in [2.75, 3.05) is 6.54 Å². The van der Waals surface area contributed by atoms with Gasteiger partial charge in [0, 0.05) is 13.1 Å². The number of halogens is 5. The quantitative estimate of drug-likeness (QED) is 0.716. The second-order valence-electron chi connectivity index (χ2n) is 5.02. The fourth-order valence-electron chi connectivity index (χ4n) is 2.45. The van der Waals surface area contributed by atoms with Gasteiger partial charge in [-0.1, -0.05) is 23.7 Å². The maximum Gasteiger partial charge on any atom is 0.436 e. The maximum absolute atomic E-state index is 12.9. The summed E-state index contributed by atoms with van der Waals surface area (Å²) in [7, 11) is 0. The van der Waals surface area contributed by atoms with Gasteiger partial charge in [0.05, 0.1) is 17.1 Å². The van der Waals surface area contributed by atoms with Crippen molar-refractivity contribution in [2.24, 2.45) is 0 Å². The third-order valence-corrected chi connectivity index (χ3v) is 4.70. The molecule has 9 heteroatoms. The Morgan fingerprint density at radius 3 is 2.61 bits per heavy atom. The molecule has 2 aromatic rings. The molecule has 1 aromatic carbocycles. The first kappa shape index (κ1) is 16.3. The van der Waals surface area contributed by atoms with E-state index in [0.29, 0.717) is 10.6 Å². The van der Waals surface area contributed by atoms with Gasteiger partial charge in [-0.2, -0.15) is 13.2 Å². The largest absolute Gasteiger partial charge is 0.436 e. The van der Waals surface area contributed by atoms with Crippen LogP contribution in [0.25, 0.3) is 0 Å². The highest BCUT2D eigenvalue weighted by Crippen LogP contribution is 2.36. The van der Waals surface area contributed by atoms with Crippen LogP contribution in [-0.4, -0.2) is 26.9 Å². The van der Waals surface area contributed by atoms with Gasteiger partial charge in [-0.3, -0.25) is 4.79 Å². The number of hydrogen-bond acceptors (Lipinski definition) is 2. The molecule has 1 aliphatic rings. The van der Waals surface area contributed by atoms with Gasteiger partial charge in [-0.25, -0.2) is 4.98 Å². The van der Waals surface area contributed by atoms with E-state index in [-0.39, 0.29) is 36.0 Å². The second kappa shape index (κ2) is 5.83. The summed E-state index contributed by atoms with van der Waals surface area (Å²) in [5.41, 5.74) is -0.649. The number of benzene rings is 1. The van der Waals surface area contributed by atoms with Crippen molar-refractivity contribution in [2.45, 2.75) is 19.3 Å². The van der Waals surface area contributed by atoms with E-state index in [2.05, 4.69) is 20.9 Å². The Balaban J connectivity index is 1.89. The molecular formula is C14H10BrClF3N3O. The van der Waals surface area contributed by atoms with Crippen LogP contribution in [0.5, 0.6) is 0 Å². The number of carbonyl (C=O) groups excluding carboxylic acids is 1. The lowest BCUT2D eigenvalue weighted by molar-refractivity contribution is -0.141. The van der Waals surface area contributed by atoms with Crippen LogP contribution in [0, 0.1) is 0 Å². The molecule has 1 aliphatic heterocycles. The van der Waals surface area contributed by atoms with Crippen LogP contribution >= 0.6 is 27.5 Å². The predicted octanol–water partition coefficient (Wildman–Crippen LogP) is 3.97. The number of rotatable bonds is 1. The molecule has 2 heterocycles. The Kier molecular flexibility index (Phi) is 4.14. The van der Waals surface area contributed by atoms with Crippen molar-refractivity contribution in [1.82, 2.24) is 14.5 Å². The van der Waals surface area contributed by atoms with Crippen molar-refractivity contribution >= 4 is 33.4 Å². The monoisotopic (exact) mass is 407 g/mol. The maximum atomic E-state index is 12.9. The molecule has 0 fully saturated rings. The lowest BCUT2D eigenvalue weighted by Gasteiger charge is -2.28. The highest BCUT2D eigenvalue weighted by atomic mass is 79.9. The zero-order chi connectivity index (χ0) is 16.8. The molecule has 122 valence electrons. The molecule has 4 nitrogen and oxygen atoms in total. The van der Waals surface area contributed by atoms with Crippen molar-refractivity contribution in [3.63, 3.8) is 0 Å². The molecule has 0 spiro atoms. The van der Waals surface area contributed by atoms with Crippen LogP contribution in [0.2, 0.25) is 5.02 Å². The average molecular weight is 409 g/mol. The highest BCUT2D eigenvalue weighted by Gasteiger charge is 2.39. The smallest absolute Gasteiger partial charge is 0.329 e. The number of aromatic nitrogens is 2. The van der Waals surface area contributed by atoms with E-state index in [0.717, 1.165) is 0 Å². The zero-order valence-electron chi connectivity index (χ0n) is 11.6. The van der Waals surface area contributed by atoms with Gasteiger partial charge in [0.25, 0.3) is 5.91 Å². The number of amides is 1. The highest BCUT2D eigenvalue weighted by molar-refractivity contribution is 9.10. The van der Waals surface area contributed by atoms with Crippen molar-refractivity contribution in [3.8, 4) is 0 Å². The lowest BCUT2D eigenvalue weighted by Crippen LogP contribution is -2.38. The number of carbonyl (C=O) groups is 1. The summed E-state index contributed by atoms with van der Waals surface area (Å²) in [4.78, 5) is 17.6. The molecule has 1 amide bonds. The number of hydrogen-bond donors (Lipinski definition) is 0. The average Bonchev–Trinajstić information content (AvgIpc) is 2.84.